The summed E-state index contributed by atoms with van der Waals surface area (Å²) < 4.78 is 44.4. The molecule has 0 amide bonds. The van der Waals surface area contributed by atoms with Crippen molar-refractivity contribution in [2.75, 3.05) is 0 Å². The van der Waals surface area contributed by atoms with E-state index < -0.39 is 12.7 Å². The van der Waals surface area contributed by atoms with E-state index in [0.29, 0.717) is 17.9 Å². The van der Waals surface area contributed by atoms with Gasteiger partial charge in [-0.15, -0.1) is 12.4 Å². The van der Waals surface area contributed by atoms with Crippen LogP contribution in [0.4, 0.5) is 13.2 Å². The molecule has 1 heterocycles. The number of aromatic nitrogens is 2. The second-order valence-corrected chi connectivity index (χ2v) is 6.30. The van der Waals surface area contributed by atoms with E-state index in [2.05, 4.69) is 5.10 Å². The number of rotatable bonds is 6. The number of benzene rings is 2. The molecule has 28 heavy (non-hydrogen) atoms. The lowest BCUT2D eigenvalue weighted by atomic mass is 10.0. The summed E-state index contributed by atoms with van der Waals surface area (Å²) in [6.07, 6.45) is -1.50. The van der Waals surface area contributed by atoms with Crippen LogP contribution >= 0.6 is 12.4 Å². The molecule has 0 atom stereocenters. The van der Waals surface area contributed by atoms with Gasteiger partial charge in [0.1, 0.15) is 18.9 Å². The summed E-state index contributed by atoms with van der Waals surface area (Å²) in [6, 6.07) is 13.5. The molecule has 150 valence electrons. The molecular weight excluding hydrogens is 391 g/mol. The van der Waals surface area contributed by atoms with Gasteiger partial charge in [-0.05, 0) is 35.7 Å². The average Bonchev–Trinajstić information content (AvgIpc) is 3.07. The predicted octanol–water partition coefficient (Wildman–Crippen LogP) is 4.88. The van der Waals surface area contributed by atoms with E-state index in [-0.39, 0.29) is 19.0 Å². The van der Waals surface area contributed by atoms with Crippen LogP contribution < -0.4 is 10.5 Å². The molecule has 0 saturated carbocycles. The second kappa shape index (κ2) is 9.12. The Hall–Kier alpha value is -2.51. The van der Waals surface area contributed by atoms with E-state index in [0.717, 1.165) is 26.9 Å². The normalized spacial score (nSPS) is 11.2. The molecule has 8 heteroatoms. The Morgan fingerprint density at radius 3 is 2.46 bits per heavy atom. The van der Waals surface area contributed by atoms with Gasteiger partial charge < -0.3 is 10.5 Å². The Balaban J connectivity index is 0.00000280. The van der Waals surface area contributed by atoms with Crippen molar-refractivity contribution in [3.05, 3.63) is 71.5 Å². The molecule has 2 aromatic carbocycles. The quantitative estimate of drug-likeness (QED) is 0.629. The maximum atomic E-state index is 12.5. The maximum absolute atomic E-state index is 12.5. The summed E-state index contributed by atoms with van der Waals surface area (Å²) in [6.45, 7) is 1.45. The second-order valence-electron chi connectivity index (χ2n) is 6.30. The molecular formula is C20H21ClF3N3O. The van der Waals surface area contributed by atoms with E-state index in [1.54, 1.807) is 0 Å². The van der Waals surface area contributed by atoms with Crippen LogP contribution in [0.2, 0.25) is 0 Å². The van der Waals surface area contributed by atoms with Crippen LogP contribution in [-0.4, -0.2) is 16.0 Å². The summed E-state index contributed by atoms with van der Waals surface area (Å²) in [5.74, 6) is 0.702. The van der Waals surface area contributed by atoms with E-state index in [1.165, 1.54) is 12.4 Å². The summed E-state index contributed by atoms with van der Waals surface area (Å²) in [5, 5.41) is 3.80. The molecule has 0 radical (unpaired) electrons. The van der Waals surface area contributed by atoms with E-state index in [4.69, 9.17) is 10.5 Å². The van der Waals surface area contributed by atoms with Gasteiger partial charge in [0, 0.05) is 23.9 Å². The number of nitrogens with two attached hydrogens (primary N) is 1. The molecule has 0 aliphatic carbocycles. The third-order valence-electron chi connectivity index (χ3n) is 4.11. The first kappa shape index (κ1) is 21.8. The van der Waals surface area contributed by atoms with Crippen molar-refractivity contribution >= 4 is 12.4 Å². The molecule has 3 aromatic rings. The number of hydrogen-bond donors (Lipinski definition) is 1. The number of alkyl halides is 3. The molecule has 0 spiro atoms. The van der Waals surface area contributed by atoms with Crippen LogP contribution in [0.5, 0.6) is 5.75 Å². The zero-order valence-corrected chi connectivity index (χ0v) is 16.1. The number of hydrogen-bond acceptors (Lipinski definition) is 3. The fourth-order valence-electron chi connectivity index (χ4n) is 2.88. The van der Waals surface area contributed by atoms with Gasteiger partial charge in [-0.1, -0.05) is 30.3 Å². The first-order chi connectivity index (χ1) is 12.9. The van der Waals surface area contributed by atoms with Gasteiger partial charge in [0.05, 0.1) is 6.20 Å². The number of nitrogens with zero attached hydrogens (tertiary/aromatic N) is 2. The van der Waals surface area contributed by atoms with Gasteiger partial charge in [-0.3, -0.25) is 4.68 Å². The Bertz CT molecular complexity index is 911. The number of aryl methyl sites for hydroxylation is 1. The lowest BCUT2D eigenvalue weighted by Crippen LogP contribution is -2.17. The molecule has 1 aromatic heterocycles. The lowest BCUT2D eigenvalue weighted by molar-refractivity contribution is -0.142. The zero-order chi connectivity index (χ0) is 19.4. The van der Waals surface area contributed by atoms with Gasteiger partial charge in [-0.25, -0.2) is 0 Å². The van der Waals surface area contributed by atoms with Crippen LogP contribution in [-0.2, 0) is 19.7 Å². The molecule has 0 fully saturated rings. The summed E-state index contributed by atoms with van der Waals surface area (Å²) in [7, 11) is 0. The minimum absolute atomic E-state index is 0. The van der Waals surface area contributed by atoms with Gasteiger partial charge in [0.2, 0.25) is 0 Å². The maximum Gasteiger partial charge on any atom is 0.408 e. The van der Waals surface area contributed by atoms with Crippen LogP contribution in [0.1, 0.15) is 16.7 Å². The third kappa shape index (κ3) is 5.50. The summed E-state index contributed by atoms with van der Waals surface area (Å²) >= 11 is 0. The molecule has 0 aliphatic rings. The molecule has 0 saturated heterocycles. The van der Waals surface area contributed by atoms with Gasteiger partial charge in [-0.2, -0.15) is 18.3 Å². The Kier molecular flexibility index (Phi) is 7.10. The van der Waals surface area contributed by atoms with Crippen LogP contribution in [0.3, 0.4) is 0 Å². The first-order valence-corrected chi connectivity index (χ1v) is 8.45. The van der Waals surface area contributed by atoms with Crippen molar-refractivity contribution in [2.24, 2.45) is 5.73 Å². The Morgan fingerprint density at radius 2 is 1.82 bits per heavy atom. The molecule has 0 aliphatic heterocycles. The highest BCUT2D eigenvalue weighted by atomic mass is 35.5. The zero-order valence-electron chi connectivity index (χ0n) is 15.2. The highest BCUT2D eigenvalue weighted by Gasteiger charge is 2.28. The van der Waals surface area contributed by atoms with Gasteiger partial charge >= 0.3 is 6.18 Å². The highest BCUT2D eigenvalue weighted by Crippen LogP contribution is 2.31. The van der Waals surface area contributed by atoms with E-state index in [9.17, 15) is 13.2 Å². The van der Waals surface area contributed by atoms with Crippen molar-refractivity contribution in [1.82, 2.24) is 9.78 Å². The molecule has 2 N–H and O–H groups in total. The minimum atomic E-state index is -4.31. The van der Waals surface area contributed by atoms with Crippen LogP contribution in [0.15, 0.2) is 54.9 Å². The fraction of sp³-hybridized carbons (Fsp3) is 0.250. The summed E-state index contributed by atoms with van der Waals surface area (Å²) in [5.41, 5.74) is 9.94. The first-order valence-electron chi connectivity index (χ1n) is 8.45. The van der Waals surface area contributed by atoms with Crippen LogP contribution in [0, 0.1) is 6.92 Å². The molecule has 4 nitrogen and oxygen atoms in total. The lowest BCUT2D eigenvalue weighted by Gasteiger charge is -2.15. The van der Waals surface area contributed by atoms with Crippen molar-refractivity contribution in [1.29, 1.82) is 0 Å². The van der Waals surface area contributed by atoms with Gasteiger partial charge in [0.25, 0.3) is 0 Å². The Morgan fingerprint density at radius 1 is 1.11 bits per heavy atom. The predicted molar refractivity (Wildman–Crippen MR) is 104 cm³/mol. The molecule has 0 bridgehead atoms. The van der Waals surface area contributed by atoms with Crippen molar-refractivity contribution in [2.45, 2.75) is 32.8 Å². The standard InChI is InChI=1S/C20H20F3N3O.ClH/c1-14-7-16(18-10-25-26(11-18)13-20(21,22)23)8-17(9-24)19(14)27-12-15-5-3-2-4-6-15;/h2-8,10-11H,9,12-13,24H2,1H3;1H. The Labute approximate surface area is 167 Å². The van der Waals surface area contributed by atoms with Crippen molar-refractivity contribution in [3.8, 4) is 16.9 Å². The van der Waals surface area contributed by atoms with E-state index in [1.807, 2.05) is 49.4 Å². The van der Waals surface area contributed by atoms with Crippen molar-refractivity contribution < 1.29 is 17.9 Å². The van der Waals surface area contributed by atoms with Gasteiger partial charge in [0.15, 0.2) is 0 Å². The summed E-state index contributed by atoms with van der Waals surface area (Å²) in [4.78, 5) is 0. The van der Waals surface area contributed by atoms with Crippen molar-refractivity contribution in [3.63, 3.8) is 0 Å². The highest BCUT2D eigenvalue weighted by molar-refractivity contribution is 5.85. The van der Waals surface area contributed by atoms with E-state index >= 15 is 0 Å². The minimum Gasteiger partial charge on any atom is -0.488 e. The number of ether oxygens (including phenoxy) is 1. The smallest absolute Gasteiger partial charge is 0.408 e. The SMILES string of the molecule is Cc1cc(-c2cnn(CC(F)(F)F)c2)cc(CN)c1OCc1ccccc1.Cl. The topological polar surface area (TPSA) is 53.1 Å². The largest absolute Gasteiger partial charge is 0.488 e. The fourth-order valence-corrected chi connectivity index (χ4v) is 2.88. The average molecular weight is 412 g/mol. The molecule has 0 unspecified atom stereocenters. The number of halogens is 4. The molecule has 3 rings (SSSR count). The third-order valence-corrected chi connectivity index (χ3v) is 4.11. The monoisotopic (exact) mass is 411 g/mol. The van der Waals surface area contributed by atoms with Crippen LogP contribution in [0.25, 0.3) is 11.1 Å².